The highest BCUT2D eigenvalue weighted by molar-refractivity contribution is 7.98. The first-order valence-electron chi connectivity index (χ1n) is 6.39. The molecule has 6 heteroatoms. The lowest BCUT2D eigenvalue weighted by atomic mass is 10.2. The molecule has 0 fully saturated rings. The van der Waals surface area contributed by atoms with Gasteiger partial charge in [0.2, 0.25) is 0 Å². The van der Waals surface area contributed by atoms with E-state index in [2.05, 4.69) is 17.4 Å². The fourth-order valence-electron chi connectivity index (χ4n) is 1.90. The van der Waals surface area contributed by atoms with Crippen molar-refractivity contribution in [3.05, 3.63) is 68.7 Å². The maximum absolute atomic E-state index is 11.0. The number of nitro groups is 1. The van der Waals surface area contributed by atoms with Crippen LogP contribution in [-0.4, -0.2) is 12.0 Å². The zero-order chi connectivity index (χ0) is 15.2. The minimum absolute atomic E-state index is 0.0711. The highest BCUT2D eigenvalue weighted by Crippen LogP contribution is 2.30. The fraction of sp³-hybridized carbons (Fsp3) is 0.200. The molecule has 0 aliphatic rings. The van der Waals surface area contributed by atoms with Crippen LogP contribution in [0.4, 0.5) is 5.69 Å². The van der Waals surface area contributed by atoms with Gasteiger partial charge in [0.25, 0.3) is 5.69 Å². The van der Waals surface area contributed by atoms with Crippen LogP contribution >= 0.6 is 23.4 Å². The van der Waals surface area contributed by atoms with Crippen molar-refractivity contribution in [3.63, 3.8) is 0 Å². The highest BCUT2D eigenvalue weighted by Gasteiger charge is 2.14. The molecule has 4 nitrogen and oxygen atoms in total. The maximum atomic E-state index is 11.0. The second-order valence-electron chi connectivity index (χ2n) is 4.49. The van der Waals surface area contributed by atoms with E-state index >= 15 is 0 Å². The number of thioether (sulfide) groups is 1. The van der Waals surface area contributed by atoms with Gasteiger partial charge in [0, 0.05) is 33.8 Å². The summed E-state index contributed by atoms with van der Waals surface area (Å²) < 4.78 is 0. The lowest BCUT2D eigenvalue weighted by Crippen LogP contribution is -2.04. The molecule has 1 N–H and O–H groups in total. The van der Waals surface area contributed by atoms with Crippen LogP contribution in [0.5, 0.6) is 0 Å². The average Bonchev–Trinajstić information content (AvgIpc) is 2.47. The van der Waals surface area contributed by atoms with Gasteiger partial charge in [-0.3, -0.25) is 10.1 Å². The van der Waals surface area contributed by atoms with Crippen molar-refractivity contribution in [2.24, 2.45) is 0 Å². The van der Waals surface area contributed by atoms with Crippen LogP contribution < -0.4 is 5.32 Å². The average molecular weight is 323 g/mol. The van der Waals surface area contributed by atoms with Crippen molar-refractivity contribution in [2.75, 3.05) is 7.05 Å². The van der Waals surface area contributed by atoms with Crippen molar-refractivity contribution in [2.45, 2.75) is 17.2 Å². The third kappa shape index (κ3) is 4.46. The summed E-state index contributed by atoms with van der Waals surface area (Å²) >= 11 is 7.38. The van der Waals surface area contributed by atoms with Crippen LogP contribution in [0.3, 0.4) is 0 Å². The van der Waals surface area contributed by atoms with E-state index in [1.54, 1.807) is 23.9 Å². The molecule has 110 valence electrons. The number of rotatable bonds is 6. The molecule has 2 aromatic carbocycles. The Labute approximate surface area is 132 Å². The number of hydrogen-bond donors (Lipinski definition) is 1. The number of nitrogens with one attached hydrogen (secondary N) is 1. The van der Waals surface area contributed by atoms with Crippen molar-refractivity contribution in [1.82, 2.24) is 5.32 Å². The lowest BCUT2D eigenvalue weighted by Gasteiger charge is -2.05. The van der Waals surface area contributed by atoms with E-state index in [1.807, 2.05) is 19.2 Å². The van der Waals surface area contributed by atoms with E-state index in [0.29, 0.717) is 16.3 Å². The molecule has 0 heterocycles. The molecule has 0 spiro atoms. The standard InChI is InChI=1S/C15H15ClN2O2S/c1-17-9-11-2-6-14(7-3-11)21-10-12-4-5-13(16)8-15(12)18(19)20/h2-8,17H,9-10H2,1H3. The van der Waals surface area contributed by atoms with E-state index in [0.717, 1.165) is 11.4 Å². The van der Waals surface area contributed by atoms with Crippen molar-refractivity contribution in [1.29, 1.82) is 0 Å². The Balaban J connectivity index is 2.07. The van der Waals surface area contributed by atoms with E-state index in [4.69, 9.17) is 11.6 Å². The predicted molar refractivity (Wildman–Crippen MR) is 86.9 cm³/mol. The smallest absolute Gasteiger partial charge is 0.274 e. The SMILES string of the molecule is CNCc1ccc(SCc2ccc(Cl)cc2[N+](=O)[O-])cc1. The molecule has 0 saturated heterocycles. The summed E-state index contributed by atoms with van der Waals surface area (Å²) in [6.45, 7) is 0.827. The number of nitrogens with zero attached hydrogens (tertiary/aromatic N) is 1. The normalized spacial score (nSPS) is 10.6. The lowest BCUT2D eigenvalue weighted by molar-refractivity contribution is -0.385. The van der Waals surface area contributed by atoms with Gasteiger partial charge in [0.15, 0.2) is 0 Å². The minimum atomic E-state index is -0.391. The summed E-state index contributed by atoms with van der Waals surface area (Å²) in [5.41, 5.74) is 1.95. The van der Waals surface area contributed by atoms with Crippen molar-refractivity contribution in [3.8, 4) is 0 Å². The zero-order valence-corrected chi connectivity index (χ0v) is 13.1. The summed E-state index contributed by atoms with van der Waals surface area (Å²) in [7, 11) is 1.91. The van der Waals surface area contributed by atoms with Gasteiger partial charge in [-0.25, -0.2) is 0 Å². The van der Waals surface area contributed by atoms with E-state index < -0.39 is 4.92 Å². The molecule has 0 amide bonds. The Hall–Kier alpha value is -1.56. The molecule has 0 radical (unpaired) electrons. The zero-order valence-electron chi connectivity index (χ0n) is 11.5. The summed E-state index contributed by atoms with van der Waals surface area (Å²) in [5, 5.41) is 14.5. The highest BCUT2D eigenvalue weighted by atomic mass is 35.5. The molecule has 0 aliphatic heterocycles. The number of halogens is 1. The third-order valence-electron chi connectivity index (χ3n) is 2.94. The topological polar surface area (TPSA) is 55.2 Å². The quantitative estimate of drug-likeness (QED) is 0.490. The van der Waals surface area contributed by atoms with E-state index in [9.17, 15) is 10.1 Å². The molecule has 0 bridgehead atoms. The van der Waals surface area contributed by atoms with Gasteiger partial charge >= 0.3 is 0 Å². The van der Waals surface area contributed by atoms with Crippen molar-refractivity contribution >= 4 is 29.1 Å². The monoisotopic (exact) mass is 322 g/mol. The Morgan fingerprint density at radius 2 is 1.95 bits per heavy atom. The molecular weight excluding hydrogens is 308 g/mol. The first-order valence-corrected chi connectivity index (χ1v) is 7.75. The number of benzene rings is 2. The first kappa shape index (κ1) is 15.8. The summed E-state index contributed by atoms with van der Waals surface area (Å²) in [4.78, 5) is 11.7. The van der Waals surface area contributed by atoms with Gasteiger partial charge in [-0.1, -0.05) is 23.7 Å². The van der Waals surface area contributed by atoms with Gasteiger partial charge in [0.1, 0.15) is 0 Å². The van der Waals surface area contributed by atoms with Crippen LogP contribution in [0, 0.1) is 10.1 Å². The minimum Gasteiger partial charge on any atom is -0.316 e. The van der Waals surface area contributed by atoms with Gasteiger partial charge in [-0.05, 0) is 36.9 Å². The van der Waals surface area contributed by atoms with Gasteiger partial charge in [-0.2, -0.15) is 0 Å². The van der Waals surface area contributed by atoms with E-state index in [1.165, 1.54) is 11.6 Å². The predicted octanol–water partition coefficient (Wildman–Crippen LogP) is 4.26. The van der Waals surface area contributed by atoms with Crippen LogP contribution in [0.15, 0.2) is 47.4 Å². The second-order valence-corrected chi connectivity index (χ2v) is 5.98. The second kappa shape index (κ2) is 7.45. The molecule has 2 rings (SSSR count). The van der Waals surface area contributed by atoms with Crippen molar-refractivity contribution < 1.29 is 4.92 Å². The summed E-state index contributed by atoms with van der Waals surface area (Å²) in [6.07, 6.45) is 0. The molecular formula is C15H15ClN2O2S. The molecule has 0 aliphatic carbocycles. The maximum Gasteiger partial charge on any atom is 0.274 e. The Morgan fingerprint density at radius 1 is 1.24 bits per heavy atom. The largest absolute Gasteiger partial charge is 0.316 e. The molecule has 2 aromatic rings. The Kier molecular flexibility index (Phi) is 5.61. The van der Waals surface area contributed by atoms with Crippen LogP contribution in [0.2, 0.25) is 5.02 Å². The number of nitro benzene ring substituents is 1. The van der Waals surface area contributed by atoms with Crippen LogP contribution in [-0.2, 0) is 12.3 Å². The van der Waals surface area contributed by atoms with Gasteiger partial charge < -0.3 is 5.32 Å². The van der Waals surface area contributed by atoms with E-state index in [-0.39, 0.29) is 5.69 Å². The molecule has 0 unspecified atom stereocenters. The van der Waals surface area contributed by atoms with Crippen LogP contribution in [0.1, 0.15) is 11.1 Å². The Bertz CT molecular complexity index is 632. The molecule has 21 heavy (non-hydrogen) atoms. The molecule has 0 atom stereocenters. The molecule has 0 saturated carbocycles. The molecule has 0 aromatic heterocycles. The van der Waals surface area contributed by atoms with Crippen LogP contribution in [0.25, 0.3) is 0 Å². The summed E-state index contributed by atoms with van der Waals surface area (Å²) in [6, 6.07) is 12.9. The number of hydrogen-bond acceptors (Lipinski definition) is 4. The van der Waals surface area contributed by atoms with Gasteiger partial charge in [0.05, 0.1) is 4.92 Å². The van der Waals surface area contributed by atoms with Gasteiger partial charge in [-0.15, -0.1) is 11.8 Å². The third-order valence-corrected chi connectivity index (χ3v) is 4.24. The fourth-order valence-corrected chi connectivity index (χ4v) is 2.96. The summed E-state index contributed by atoms with van der Waals surface area (Å²) in [5.74, 6) is 0.541. The first-order chi connectivity index (χ1) is 10.1. The Morgan fingerprint density at radius 3 is 2.57 bits per heavy atom.